The molecule has 3 aliphatic heterocycles. The Labute approximate surface area is 149 Å². The van der Waals surface area contributed by atoms with Crippen LogP contribution in [0.15, 0.2) is 42.7 Å². The smallest absolute Gasteiger partial charge is 0.343 e. The molecule has 0 bridgehead atoms. The molecular weight excluding hydrogens is 336 g/mol. The molecule has 0 aliphatic carbocycles. The molecule has 0 spiro atoms. The molecule has 0 N–H and O–H groups in total. The van der Waals surface area contributed by atoms with Crippen molar-refractivity contribution in [2.45, 2.75) is 12.8 Å². The zero-order chi connectivity index (χ0) is 17.8. The number of cyclic esters (lactones) is 1. The van der Waals surface area contributed by atoms with Crippen molar-refractivity contribution in [3.05, 3.63) is 59.4 Å². The average Bonchev–Trinajstić information content (AvgIpc) is 3.28. The van der Waals surface area contributed by atoms with Gasteiger partial charge in [0.2, 0.25) is 13.6 Å². The molecule has 6 nitrogen and oxygen atoms in total. The van der Waals surface area contributed by atoms with Crippen LogP contribution < -0.4 is 18.9 Å². The van der Waals surface area contributed by atoms with Gasteiger partial charge in [-0.2, -0.15) is 0 Å². The van der Waals surface area contributed by atoms with Crippen LogP contribution in [0.3, 0.4) is 0 Å². The van der Waals surface area contributed by atoms with E-state index in [2.05, 4.69) is 6.58 Å². The van der Waals surface area contributed by atoms with Gasteiger partial charge in [0.1, 0.15) is 5.76 Å². The van der Waals surface area contributed by atoms with Crippen molar-refractivity contribution >= 4 is 5.97 Å². The monoisotopic (exact) mass is 352 g/mol. The Balaban J connectivity index is 1.75. The Hall–Kier alpha value is -3.15. The normalized spacial score (nSPS) is 22.7. The molecule has 0 unspecified atom stereocenters. The summed E-state index contributed by atoms with van der Waals surface area (Å²) in [5, 5.41) is 0. The fourth-order valence-corrected chi connectivity index (χ4v) is 3.75. The highest BCUT2D eigenvalue weighted by Gasteiger charge is 2.38. The highest BCUT2D eigenvalue weighted by Crippen LogP contribution is 2.50. The van der Waals surface area contributed by atoms with E-state index < -0.39 is 5.97 Å². The number of esters is 1. The summed E-state index contributed by atoms with van der Waals surface area (Å²) in [6.07, 6.45) is 0. The van der Waals surface area contributed by atoms with Gasteiger partial charge in [-0.1, -0.05) is 19.6 Å². The van der Waals surface area contributed by atoms with Crippen LogP contribution in [0.5, 0.6) is 23.0 Å². The van der Waals surface area contributed by atoms with Gasteiger partial charge in [-0.3, -0.25) is 0 Å². The van der Waals surface area contributed by atoms with E-state index in [1.54, 1.807) is 12.1 Å². The van der Waals surface area contributed by atoms with Crippen molar-refractivity contribution in [2.24, 2.45) is 5.92 Å². The van der Waals surface area contributed by atoms with Gasteiger partial charge in [0.15, 0.2) is 23.0 Å². The Kier molecular flexibility index (Phi) is 3.16. The lowest BCUT2D eigenvalue weighted by atomic mass is 9.79. The minimum atomic E-state index is -0.432. The lowest BCUT2D eigenvalue weighted by Gasteiger charge is -2.24. The molecule has 0 radical (unpaired) electrons. The molecule has 0 saturated carbocycles. The van der Waals surface area contributed by atoms with Crippen molar-refractivity contribution in [1.82, 2.24) is 0 Å². The van der Waals surface area contributed by atoms with E-state index in [4.69, 9.17) is 23.7 Å². The van der Waals surface area contributed by atoms with E-state index in [1.165, 1.54) is 0 Å². The number of hydrogen-bond acceptors (Lipinski definition) is 6. The summed E-state index contributed by atoms with van der Waals surface area (Å²) in [6, 6.07) is 9.23. The van der Waals surface area contributed by atoms with E-state index in [9.17, 15) is 4.79 Å². The number of benzene rings is 2. The summed E-state index contributed by atoms with van der Waals surface area (Å²) in [5.74, 6) is 2.24. The summed E-state index contributed by atoms with van der Waals surface area (Å²) in [6.45, 7) is 6.27. The number of hydrogen-bond donors (Lipinski definition) is 0. The number of allylic oxidation sites excluding steroid dienone is 1. The first-order valence-electron chi connectivity index (χ1n) is 8.36. The summed E-state index contributed by atoms with van der Waals surface area (Å²) in [5.41, 5.74) is 2.18. The number of ether oxygens (including phenoxy) is 5. The van der Waals surface area contributed by atoms with Gasteiger partial charge in [-0.25, -0.2) is 4.79 Å². The number of rotatable bonds is 1. The first-order chi connectivity index (χ1) is 12.6. The maximum absolute atomic E-state index is 12.6. The largest absolute Gasteiger partial charge is 0.454 e. The minimum Gasteiger partial charge on any atom is -0.454 e. The summed E-state index contributed by atoms with van der Waals surface area (Å²) < 4.78 is 27.6. The molecule has 2 aromatic carbocycles. The molecule has 3 heterocycles. The van der Waals surface area contributed by atoms with Crippen molar-refractivity contribution in [1.29, 1.82) is 0 Å². The topological polar surface area (TPSA) is 63.2 Å². The van der Waals surface area contributed by atoms with E-state index >= 15 is 0 Å². The van der Waals surface area contributed by atoms with Crippen molar-refractivity contribution in [3.63, 3.8) is 0 Å². The SMILES string of the molecule is C=C1OC(=O)c2ccc3c(c2[C@@H](c2ccc4c(c2)OCO4)[C@@H]1C)OCO3. The van der Waals surface area contributed by atoms with Crippen LogP contribution in [-0.4, -0.2) is 19.6 Å². The molecule has 0 aromatic heterocycles. The van der Waals surface area contributed by atoms with E-state index in [0.717, 1.165) is 11.1 Å². The lowest BCUT2D eigenvalue weighted by molar-refractivity contribution is 0.0603. The van der Waals surface area contributed by atoms with Crippen LogP contribution in [0.25, 0.3) is 0 Å². The molecule has 5 rings (SSSR count). The summed E-state index contributed by atoms with van der Waals surface area (Å²) in [7, 11) is 0. The van der Waals surface area contributed by atoms with Crippen LogP contribution in [-0.2, 0) is 4.74 Å². The zero-order valence-electron chi connectivity index (χ0n) is 14.1. The molecule has 6 heteroatoms. The molecule has 2 aromatic rings. The van der Waals surface area contributed by atoms with Gasteiger partial charge in [-0.05, 0) is 29.8 Å². The van der Waals surface area contributed by atoms with E-state index in [1.807, 2.05) is 25.1 Å². The third-order valence-corrected chi connectivity index (χ3v) is 5.10. The molecule has 132 valence electrons. The quantitative estimate of drug-likeness (QED) is 0.731. The van der Waals surface area contributed by atoms with Gasteiger partial charge in [0.25, 0.3) is 0 Å². The van der Waals surface area contributed by atoms with Gasteiger partial charge in [0.05, 0.1) is 5.56 Å². The predicted octanol–water partition coefficient (Wildman–Crippen LogP) is 3.60. The second kappa shape index (κ2) is 5.42. The standard InChI is InChI=1S/C20H16O6/c1-10-11(2)26-20(21)13-4-6-15-19(25-9-23-15)18(13)17(10)12-3-5-14-16(7-12)24-8-22-14/h3-7,10,17H,2,8-9H2,1H3/t10-,17-/m1/s1. The van der Waals surface area contributed by atoms with Crippen molar-refractivity contribution in [3.8, 4) is 23.0 Å². The highest BCUT2D eigenvalue weighted by molar-refractivity contribution is 5.94. The maximum Gasteiger partial charge on any atom is 0.343 e. The van der Waals surface area contributed by atoms with Crippen molar-refractivity contribution < 1.29 is 28.5 Å². The maximum atomic E-state index is 12.6. The number of carbonyl (C=O) groups is 1. The van der Waals surface area contributed by atoms with Gasteiger partial charge >= 0.3 is 5.97 Å². The van der Waals surface area contributed by atoms with E-state index in [-0.39, 0.29) is 25.4 Å². The van der Waals surface area contributed by atoms with Crippen molar-refractivity contribution in [2.75, 3.05) is 13.6 Å². The molecule has 26 heavy (non-hydrogen) atoms. The first-order valence-corrected chi connectivity index (χ1v) is 8.36. The zero-order valence-corrected chi connectivity index (χ0v) is 14.1. The Morgan fingerprint density at radius 2 is 1.69 bits per heavy atom. The van der Waals surface area contributed by atoms with Crippen LogP contribution in [0.4, 0.5) is 0 Å². The average molecular weight is 352 g/mol. The lowest BCUT2D eigenvalue weighted by Crippen LogP contribution is -2.13. The van der Waals surface area contributed by atoms with Crippen LogP contribution >= 0.6 is 0 Å². The van der Waals surface area contributed by atoms with Gasteiger partial charge in [-0.15, -0.1) is 0 Å². The fourth-order valence-electron chi connectivity index (χ4n) is 3.75. The third-order valence-electron chi connectivity index (χ3n) is 5.10. The molecule has 0 saturated heterocycles. The van der Waals surface area contributed by atoms with Crippen LogP contribution in [0.2, 0.25) is 0 Å². The molecule has 0 amide bonds. The second-order valence-electron chi connectivity index (χ2n) is 6.50. The Morgan fingerprint density at radius 1 is 0.962 bits per heavy atom. The first kappa shape index (κ1) is 15.1. The van der Waals surface area contributed by atoms with Gasteiger partial charge in [0, 0.05) is 17.4 Å². The Morgan fingerprint density at radius 3 is 2.58 bits per heavy atom. The van der Waals surface area contributed by atoms with Crippen LogP contribution in [0.1, 0.15) is 34.3 Å². The molecule has 2 atom stereocenters. The minimum absolute atomic E-state index is 0.129. The number of carbonyl (C=O) groups excluding carboxylic acids is 1. The van der Waals surface area contributed by atoms with Gasteiger partial charge < -0.3 is 23.7 Å². The molecule has 3 aliphatic rings. The number of fused-ring (bicyclic) bond motifs is 4. The van der Waals surface area contributed by atoms with Crippen LogP contribution in [0, 0.1) is 5.92 Å². The summed E-state index contributed by atoms with van der Waals surface area (Å²) >= 11 is 0. The fraction of sp³-hybridized carbons (Fsp3) is 0.250. The highest BCUT2D eigenvalue weighted by atomic mass is 16.7. The third kappa shape index (κ3) is 2.08. The second-order valence-corrected chi connectivity index (χ2v) is 6.50. The molecular formula is C20H16O6. The summed E-state index contributed by atoms with van der Waals surface area (Å²) in [4.78, 5) is 12.6. The predicted molar refractivity (Wildman–Crippen MR) is 90.7 cm³/mol. The Bertz CT molecular complexity index is 948. The van der Waals surface area contributed by atoms with E-state index in [0.29, 0.717) is 34.3 Å². The molecule has 0 fully saturated rings.